The summed E-state index contributed by atoms with van der Waals surface area (Å²) in [6.07, 6.45) is 1.49. The predicted molar refractivity (Wildman–Crippen MR) is 79.6 cm³/mol. The number of fused-ring (bicyclic) bond motifs is 6. The van der Waals surface area contributed by atoms with Crippen LogP contribution < -0.4 is 9.47 Å². The molecule has 23 heavy (non-hydrogen) atoms. The second-order valence-corrected chi connectivity index (χ2v) is 6.60. The predicted octanol–water partition coefficient (Wildman–Crippen LogP) is 1.04. The van der Waals surface area contributed by atoms with Gasteiger partial charge < -0.3 is 19.3 Å². The summed E-state index contributed by atoms with van der Waals surface area (Å²) in [7, 11) is 2.07. The monoisotopic (exact) mass is 315 g/mol. The lowest BCUT2D eigenvalue weighted by Gasteiger charge is -2.43. The van der Waals surface area contributed by atoms with Crippen molar-refractivity contribution in [2.45, 2.75) is 30.6 Å². The Balaban J connectivity index is 1.70. The molecular weight excluding hydrogens is 298 g/mol. The third kappa shape index (κ3) is 1.73. The minimum absolute atomic E-state index is 0.0836. The van der Waals surface area contributed by atoms with E-state index >= 15 is 0 Å². The van der Waals surface area contributed by atoms with Gasteiger partial charge in [0.15, 0.2) is 11.5 Å². The van der Waals surface area contributed by atoms with Gasteiger partial charge in [-0.05, 0) is 31.2 Å². The van der Waals surface area contributed by atoms with E-state index in [0.717, 1.165) is 18.5 Å². The molecule has 1 aliphatic carbocycles. The largest absolute Gasteiger partial charge is 0.455 e. The van der Waals surface area contributed by atoms with E-state index in [2.05, 4.69) is 11.9 Å². The summed E-state index contributed by atoms with van der Waals surface area (Å²) in [5.74, 6) is 0.741. The molecule has 0 saturated carbocycles. The summed E-state index contributed by atoms with van der Waals surface area (Å²) in [5.41, 5.74) is 2.63. The lowest BCUT2D eigenvalue weighted by Crippen LogP contribution is -2.50. The first-order valence-corrected chi connectivity index (χ1v) is 7.87. The van der Waals surface area contributed by atoms with E-state index < -0.39 is 18.2 Å². The van der Waals surface area contributed by atoms with Gasteiger partial charge in [0.2, 0.25) is 6.79 Å². The first-order valence-electron chi connectivity index (χ1n) is 7.87. The molecule has 3 unspecified atom stereocenters. The topological polar surface area (TPSA) is 68.2 Å². The summed E-state index contributed by atoms with van der Waals surface area (Å²) in [5, 5.41) is 10.4. The molecule has 0 aromatic heterocycles. The summed E-state index contributed by atoms with van der Waals surface area (Å²) in [4.78, 5) is 14.7. The number of ether oxygens (including phenoxy) is 3. The SMILES string of the molecule is CN1CCC2=CC(O)[C@@H]3OC(=O)c4cc5c(cc4C3C21)OCO5. The molecule has 1 N–H and O–H groups in total. The molecule has 1 aromatic rings. The number of aliphatic hydroxyl groups excluding tert-OH is 1. The van der Waals surface area contributed by atoms with Crippen LogP contribution in [0.2, 0.25) is 0 Å². The number of hydrogen-bond acceptors (Lipinski definition) is 6. The fourth-order valence-corrected chi connectivity index (χ4v) is 4.36. The standard InChI is InChI=1S/C17H17NO5/c1-18-3-2-8-4-11(19)16-14(15(8)18)9-5-12-13(22-7-21-12)6-10(9)17(20)23-16/h4-6,11,14-16,19H,2-3,7H2,1H3/t11?,14?,15?,16-/m0/s1. The third-order valence-corrected chi connectivity index (χ3v) is 5.39. The number of rotatable bonds is 0. The Morgan fingerprint density at radius 1 is 1.26 bits per heavy atom. The normalized spacial score (nSPS) is 34.3. The van der Waals surface area contributed by atoms with E-state index in [1.54, 1.807) is 6.07 Å². The molecule has 1 fully saturated rings. The first-order chi connectivity index (χ1) is 11.1. The maximum atomic E-state index is 12.4. The van der Waals surface area contributed by atoms with Crippen LogP contribution in [0.1, 0.15) is 28.3 Å². The third-order valence-electron chi connectivity index (χ3n) is 5.39. The number of aliphatic hydroxyl groups is 1. The maximum Gasteiger partial charge on any atom is 0.338 e. The molecule has 4 aliphatic rings. The number of benzene rings is 1. The highest BCUT2D eigenvalue weighted by molar-refractivity contribution is 5.94. The van der Waals surface area contributed by atoms with Crippen LogP contribution in [0, 0.1) is 0 Å². The quantitative estimate of drug-likeness (QED) is 0.570. The fourth-order valence-electron chi connectivity index (χ4n) is 4.36. The highest BCUT2D eigenvalue weighted by atomic mass is 16.7. The van der Waals surface area contributed by atoms with Crippen molar-refractivity contribution < 1.29 is 24.1 Å². The molecule has 0 spiro atoms. The summed E-state index contributed by atoms with van der Waals surface area (Å²) < 4.78 is 16.4. The molecule has 6 heteroatoms. The molecule has 0 radical (unpaired) electrons. The second-order valence-electron chi connectivity index (χ2n) is 6.60. The zero-order valence-corrected chi connectivity index (χ0v) is 12.7. The molecule has 120 valence electrons. The smallest absolute Gasteiger partial charge is 0.338 e. The molecule has 1 saturated heterocycles. The minimum atomic E-state index is -0.764. The lowest BCUT2D eigenvalue weighted by molar-refractivity contribution is -0.0336. The Labute approximate surface area is 133 Å². The van der Waals surface area contributed by atoms with Gasteiger partial charge >= 0.3 is 5.97 Å². The van der Waals surface area contributed by atoms with Crippen molar-refractivity contribution in [3.63, 3.8) is 0 Å². The van der Waals surface area contributed by atoms with Gasteiger partial charge in [0, 0.05) is 18.5 Å². The van der Waals surface area contributed by atoms with Crippen molar-refractivity contribution in [3.8, 4) is 11.5 Å². The van der Waals surface area contributed by atoms with Crippen LogP contribution in [0.25, 0.3) is 0 Å². The number of esters is 1. The lowest BCUT2D eigenvalue weighted by atomic mass is 9.74. The van der Waals surface area contributed by atoms with Crippen molar-refractivity contribution >= 4 is 5.97 Å². The Morgan fingerprint density at radius 2 is 2.04 bits per heavy atom. The summed E-state index contributed by atoms with van der Waals surface area (Å²) >= 11 is 0. The van der Waals surface area contributed by atoms with E-state index in [1.807, 2.05) is 12.1 Å². The number of nitrogens with zero attached hydrogens (tertiary/aromatic N) is 1. The van der Waals surface area contributed by atoms with E-state index in [-0.39, 0.29) is 18.8 Å². The van der Waals surface area contributed by atoms with E-state index in [9.17, 15) is 9.90 Å². The Morgan fingerprint density at radius 3 is 2.87 bits per heavy atom. The van der Waals surface area contributed by atoms with Crippen molar-refractivity contribution in [3.05, 3.63) is 34.9 Å². The number of carbonyl (C=O) groups excluding carboxylic acids is 1. The van der Waals surface area contributed by atoms with Gasteiger partial charge in [0.05, 0.1) is 5.56 Å². The average molecular weight is 315 g/mol. The minimum Gasteiger partial charge on any atom is -0.455 e. The van der Waals surface area contributed by atoms with Gasteiger partial charge in [0.1, 0.15) is 12.2 Å². The van der Waals surface area contributed by atoms with Crippen LogP contribution in [0.3, 0.4) is 0 Å². The van der Waals surface area contributed by atoms with Gasteiger partial charge in [-0.15, -0.1) is 0 Å². The Kier molecular flexibility index (Phi) is 2.61. The van der Waals surface area contributed by atoms with Gasteiger partial charge in [-0.1, -0.05) is 11.6 Å². The molecule has 1 aromatic carbocycles. The average Bonchev–Trinajstić information content (AvgIpc) is 3.13. The second kappa shape index (κ2) is 4.49. The maximum absolute atomic E-state index is 12.4. The van der Waals surface area contributed by atoms with Gasteiger partial charge in [-0.2, -0.15) is 0 Å². The molecule has 0 amide bonds. The Bertz CT molecular complexity index is 743. The van der Waals surface area contributed by atoms with Crippen molar-refractivity contribution in [1.29, 1.82) is 0 Å². The molecule has 3 aliphatic heterocycles. The number of carbonyl (C=O) groups is 1. The fraction of sp³-hybridized carbons (Fsp3) is 0.471. The summed E-state index contributed by atoms with van der Waals surface area (Å²) in [6, 6.07) is 3.74. The van der Waals surface area contributed by atoms with Crippen LogP contribution in [-0.2, 0) is 4.74 Å². The van der Waals surface area contributed by atoms with E-state index in [4.69, 9.17) is 14.2 Å². The van der Waals surface area contributed by atoms with Crippen molar-refractivity contribution in [2.24, 2.45) is 0 Å². The highest BCUT2D eigenvalue weighted by Gasteiger charge is 2.50. The molecular formula is C17H17NO5. The van der Waals surface area contributed by atoms with E-state index in [0.29, 0.717) is 17.1 Å². The number of likely N-dealkylation sites (N-methyl/N-ethyl adjacent to an activating group) is 1. The van der Waals surface area contributed by atoms with Crippen LogP contribution in [0.15, 0.2) is 23.8 Å². The van der Waals surface area contributed by atoms with Crippen LogP contribution in [0.5, 0.6) is 11.5 Å². The number of hydrogen-bond donors (Lipinski definition) is 1. The van der Waals surface area contributed by atoms with Crippen LogP contribution in [-0.4, -0.2) is 54.6 Å². The molecule has 3 heterocycles. The van der Waals surface area contributed by atoms with Crippen molar-refractivity contribution in [2.75, 3.05) is 20.4 Å². The van der Waals surface area contributed by atoms with Crippen LogP contribution in [0.4, 0.5) is 0 Å². The van der Waals surface area contributed by atoms with Crippen LogP contribution >= 0.6 is 0 Å². The number of likely N-dealkylation sites (tertiary alicyclic amines) is 1. The molecule has 6 nitrogen and oxygen atoms in total. The zero-order chi connectivity index (χ0) is 15.7. The van der Waals surface area contributed by atoms with Gasteiger partial charge in [-0.25, -0.2) is 4.79 Å². The first kappa shape index (κ1) is 13.4. The van der Waals surface area contributed by atoms with E-state index in [1.165, 1.54) is 5.57 Å². The van der Waals surface area contributed by atoms with Gasteiger partial charge in [0.25, 0.3) is 0 Å². The summed E-state index contributed by atoms with van der Waals surface area (Å²) in [6.45, 7) is 1.11. The molecule has 5 rings (SSSR count). The molecule has 0 bridgehead atoms. The van der Waals surface area contributed by atoms with Crippen molar-refractivity contribution in [1.82, 2.24) is 4.90 Å². The highest BCUT2D eigenvalue weighted by Crippen LogP contribution is 2.48. The van der Waals surface area contributed by atoms with Gasteiger partial charge in [-0.3, -0.25) is 4.90 Å². The molecule has 4 atom stereocenters. The zero-order valence-electron chi connectivity index (χ0n) is 12.7. The Hall–Kier alpha value is -2.05.